The normalized spacial score (nSPS) is 21.3. The second kappa shape index (κ2) is 11.4. The summed E-state index contributed by atoms with van der Waals surface area (Å²) in [4.78, 5) is 53.9. The first-order valence-corrected chi connectivity index (χ1v) is 19.2. The van der Waals surface area contributed by atoms with Crippen LogP contribution in [0.4, 0.5) is 0 Å². The lowest BCUT2D eigenvalue weighted by atomic mass is 9.66. The van der Waals surface area contributed by atoms with Crippen molar-refractivity contribution in [3.05, 3.63) is 115 Å². The van der Waals surface area contributed by atoms with Crippen LogP contribution in [-0.4, -0.2) is 23.6 Å². The first kappa shape index (κ1) is 30.8. The number of Topliss-reactive ketones (excluding diaryl/α,β-unsaturated/α-hetero) is 3. The summed E-state index contributed by atoms with van der Waals surface area (Å²) < 4.78 is 2.74. The number of carbonyl (C=O) groups is 4. The lowest BCUT2D eigenvalue weighted by Gasteiger charge is -2.37. The maximum absolute atomic E-state index is 13.3. The number of hydrogen-bond donors (Lipinski definition) is 0. The van der Waals surface area contributed by atoms with Crippen molar-refractivity contribution < 1.29 is 19.2 Å². The number of carbonyl (C=O) groups excluding carboxylic acids is 4. The Kier molecular flexibility index (Phi) is 7.16. The third-order valence-electron chi connectivity index (χ3n) is 11.9. The highest BCUT2D eigenvalue weighted by atomic mass is 32.1. The van der Waals surface area contributed by atoms with Crippen LogP contribution in [0.15, 0.2) is 71.8 Å². The summed E-state index contributed by atoms with van der Waals surface area (Å²) in [6, 6.07) is 15.2. The van der Waals surface area contributed by atoms with Crippen LogP contribution >= 0.6 is 22.7 Å². The largest absolute Gasteiger partial charge is 0.294 e. The summed E-state index contributed by atoms with van der Waals surface area (Å²) >= 11 is 3.78. The molecule has 2 aromatic carbocycles. The molecule has 2 fully saturated rings. The lowest BCUT2D eigenvalue weighted by molar-refractivity contribution is -0.126. The van der Waals surface area contributed by atoms with Crippen molar-refractivity contribution >= 4 is 79.0 Å². The number of aryl methyl sites for hydroxylation is 1. The van der Waals surface area contributed by atoms with E-state index < -0.39 is 17.3 Å². The van der Waals surface area contributed by atoms with Crippen molar-refractivity contribution in [2.24, 2.45) is 0 Å². The maximum atomic E-state index is 13.3. The van der Waals surface area contributed by atoms with Crippen molar-refractivity contribution in [2.45, 2.75) is 82.0 Å². The highest BCUT2D eigenvalue weighted by Crippen LogP contribution is 2.63. The summed E-state index contributed by atoms with van der Waals surface area (Å²) in [6.45, 7) is 1.99. The molecule has 0 bridgehead atoms. The Morgan fingerprint density at radius 3 is 1.86 bits per heavy atom. The molecule has 4 nitrogen and oxygen atoms in total. The van der Waals surface area contributed by atoms with E-state index in [1.54, 1.807) is 6.07 Å². The van der Waals surface area contributed by atoms with E-state index in [0.29, 0.717) is 23.0 Å². The highest BCUT2D eigenvalue weighted by molar-refractivity contribution is 7.29. The fraction of sp³-hybridized carbons (Fsp3) is 0.302. The molecule has 0 atom stereocenters. The molecule has 5 aliphatic rings. The molecular formula is C43H36O4S2. The predicted octanol–water partition coefficient (Wildman–Crippen LogP) is 10.2. The summed E-state index contributed by atoms with van der Waals surface area (Å²) in [5.74, 6) is -1.28. The molecule has 0 radical (unpaired) electrons. The molecule has 2 saturated carbocycles. The van der Waals surface area contributed by atoms with Crippen molar-refractivity contribution in [3.63, 3.8) is 0 Å². The van der Waals surface area contributed by atoms with Gasteiger partial charge in [0.2, 0.25) is 17.3 Å². The van der Waals surface area contributed by atoms with Gasteiger partial charge in [0.25, 0.3) is 0 Å². The highest BCUT2D eigenvalue weighted by Gasteiger charge is 2.49. The summed E-state index contributed by atoms with van der Waals surface area (Å²) in [5, 5.41) is 0. The Hall–Kier alpha value is -4.26. The molecule has 244 valence electrons. The van der Waals surface area contributed by atoms with Gasteiger partial charge in [0, 0.05) is 37.3 Å². The third kappa shape index (κ3) is 4.39. The van der Waals surface area contributed by atoms with Crippen LogP contribution in [0.25, 0.3) is 32.7 Å². The van der Waals surface area contributed by atoms with Crippen LogP contribution in [0.5, 0.6) is 0 Å². The fourth-order valence-electron chi connectivity index (χ4n) is 9.63. The van der Waals surface area contributed by atoms with Gasteiger partial charge in [0.15, 0.2) is 6.29 Å². The molecule has 49 heavy (non-hydrogen) atoms. The van der Waals surface area contributed by atoms with Gasteiger partial charge in [-0.15, -0.1) is 22.7 Å². The second-order valence-corrected chi connectivity index (χ2v) is 16.5. The predicted molar refractivity (Wildman–Crippen MR) is 199 cm³/mol. The monoisotopic (exact) mass is 680 g/mol. The van der Waals surface area contributed by atoms with Crippen LogP contribution in [0.2, 0.25) is 0 Å². The molecule has 2 heterocycles. The Balaban J connectivity index is 1.21. The van der Waals surface area contributed by atoms with E-state index in [2.05, 4.69) is 18.2 Å². The van der Waals surface area contributed by atoms with Gasteiger partial charge in [-0.05, 0) is 95.9 Å². The smallest absolute Gasteiger partial charge is 0.234 e. The van der Waals surface area contributed by atoms with Gasteiger partial charge in [0.1, 0.15) is 0 Å². The van der Waals surface area contributed by atoms with Crippen LogP contribution < -0.4 is 0 Å². The standard InChI is InChI=1S/C43H36O4S2/c1-25-12-4-5-13-28(25)31(33(45)24-44)20-26-22-34-36(42(26)16-8-2-9-17-42)40-41(48-34)37-35(49-40)23-27(43(37)18-10-3-11-19-43)21-32-29-14-6-7-15-30(29)38(46)39(32)47/h4-7,12-15,20-24H,2-3,8-11,16-19H2,1H3/b31-20-,32-21-. The van der Waals surface area contributed by atoms with E-state index in [1.807, 2.05) is 78.1 Å². The first-order chi connectivity index (χ1) is 23.9. The van der Waals surface area contributed by atoms with E-state index in [9.17, 15) is 19.2 Å². The molecule has 6 heteroatoms. The molecule has 2 aromatic heterocycles. The number of allylic oxidation sites excluding steroid dienone is 6. The minimum absolute atomic E-state index is 0.168. The van der Waals surface area contributed by atoms with E-state index in [1.165, 1.54) is 48.7 Å². The Morgan fingerprint density at radius 2 is 1.24 bits per heavy atom. The SMILES string of the molecule is Cc1ccccc1/C(=C/C1=Cc2sc3c4c(sc3c2C12CCCCC2)C=C(/C=C1\C(=O)C(=O)c2ccccc21)C41CCCCC1)C(=O)C=O. The van der Waals surface area contributed by atoms with Gasteiger partial charge in [-0.25, -0.2) is 0 Å². The number of benzene rings is 2. The van der Waals surface area contributed by atoms with E-state index in [0.717, 1.165) is 73.6 Å². The molecule has 2 spiro atoms. The van der Waals surface area contributed by atoms with Gasteiger partial charge in [0.05, 0.1) is 9.40 Å². The van der Waals surface area contributed by atoms with Gasteiger partial charge in [-0.1, -0.05) is 87.1 Å². The van der Waals surface area contributed by atoms with Gasteiger partial charge < -0.3 is 0 Å². The average molecular weight is 681 g/mol. The van der Waals surface area contributed by atoms with Crippen molar-refractivity contribution in [3.8, 4) is 0 Å². The van der Waals surface area contributed by atoms with Crippen LogP contribution in [0.3, 0.4) is 0 Å². The number of rotatable bonds is 5. The summed E-state index contributed by atoms with van der Waals surface area (Å²) in [5.41, 5.74) is 8.91. The third-order valence-corrected chi connectivity index (χ3v) is 14.4. The quantitative estimate of drug-likeness (QED) is 0.120. The molecule has 0 saturated heterocycles. The molecular weight excluding hydrogens is 645 g/mol. The van der Waals surface area contributed by atoms with Gasteiger partial charge >= 0.3 is 0 Å². The summed E-state index contributed by atoms with van der Waals surface area (Å²) in [6.07, 6.45) is 20.3. The number of fused-ring (bicyclic) bond motifs is 8. The molecule has 0 aliphatic heterocycles. The van der Waals surface area contributed by atoms with E-state index in [4.69, 9.17) is 0 Å². The van der Waals surface area contributed by atoms with Crippen molar-refractivity contribution in [1.82, 2.24) is 0 Å². The van der Waals surface area contributed by atoms with E-state index in [-0.39, 0.29) is 10.8 Å². The molecule has 4 aromatic rings. The fourth-order valence-corrected chi connectivity index (χ4v) is 12.8. The van der Waals surface area contributed by atoms with E-state index >= 15 is 0 Å². The zero-order valence-corrected chi connectivity index (χ0v) is 29.2. The zero-order chi connectivity index (χ0) is 33.5. The van der Waals surface area contributed by atoms with Gasteiger partial charge in [-0.3, -0.25) is 19.2 Å². The molecule has 5 aliphatic carbocycles. The maximum Gasteiger partial charge on any atom is 0.234 e. The molecule has 9 rings (SSSR count). The van der Waals surface area contributed by atoms with Crippen LogP contribution in [0, 0.1) is 6.92 Å². The molecule has 0 N–H and O–H groups in total. The number of thiophene rings is 2. The Morgan fingerprint density at radius 1 is 0.694 bits per heavy atom. The zero-order valence-electron chi connectivity index (χ0n) is 27.5. The number of hydrogen-bond acceptors (Lipinski definition) is 6. The molecule has 0 amide bonds. The minimum atomic E-state index is -0.479. The van der Waals surface area contributed by atoms with Crippen molar-refractivity contribution in [1.29, 1.82) is 0 Å². The summed E-state index contributed by atoms with van der Waals surface area (Å²) in [7, 11) is 0. The second-order valence-electron chi connectivity index (χ2n) is 14.4. The Labute approximate surface area is 293 Å². The Bertz CT molecular complexity index is 2270. The lowest BCUT2D eigenvalue weighted by Crippen LogP contribution is -2.29. The van der Waals surface area contributed by atoms with Crippen molar-refractivity contribution in [2.75, 3.05) is 0 Å². The van der Waals surface area contributed by atoms with Crippen LogP contribution in [-0.2, 0) is 25.2 Å². The van der Waals surface area contributed by atoms with Gasteiger partial charge in [-0.2, -0.15) is 0 Å². The minimum Gasteiger partial charge on any atom is -0.294 e. The number of ketones is 3. The topological polar surface area (TPSA) is 68.3 Å². The molecule has 0 unspecified atom stereocenters. The van der Waals surface area contributed by atoms with Crippen LogP contribution in [0.1, 0.15) is 112 Å². The average Bonchev–Trinajstić information content (AvgIpc) is 3.86. The number of aldehydes is 1. The first-order valence-electron chi connectivity index (χ1n) is 17.6.